The summed E-state index contributed by atoms with van der Waals surface area (Å²) in [6.07, 6.45) is 10.9. The van der Waals surface area contributed by atoms with Gasteiger partial charge in [0.15, 0.2) is 5.82 Å². The average Bonchev–Trinajstić information content (AvgIpc) is 2.80. The number of hydrogen-bond donors (Lipinski definition) is 0. The van der Waals surface area contributed by atoms with Crippen molar-refractivity contribution in [2.75, 3.05) is 13.1 Å². The van der Waals surface area contributed by atoms with Gasteiger partial charge in [0, 0.05) is 54.3 Å². The van der Waals surface area contributed by atoms with E-state index in [0.717, 1.165) is 29.7 Å². The van der Waals surface area contributed by atoms with Crippen LogP contribution in [0.1, 0.15) is 47.3 Å². The Kier molecular flexibility index (Phi) is 5.93. The molecule has 1 aromatic carbocycles. The third-order valence-electron chi connectivity index (χ3n) is 5.35. The summed E-state index contributed by atoms with van der Waals surface area (Å²) in [4.78, 5) is 28.1. The van der Waals surface area contributed by atoms with E-state index < -0.39 is 5.82 Å². The molecule has 30 heavy (non-hydrogen) atoms. The lowest BCUT2D eigenvalue weighted by atomic mass is 9.90. The summed E-state index contributed by atoms with van der Waals surface area (Å²) in [5.41, 5.74) is 3.27. The molecule has 0 atom stereocenters. The molecule has 0 bridgehead atoms. The molecule has 3 heterocycles. The Hall–Kier alpha value is -3.41. The molecular formula is C24H23FN4O. The number of amides is 1. The predicted molar refractivity (Wildman–Crippen MR) is 114 cm³/mol. The van der Waals surface area contributed by atoms with E-state index >= 15 is 0 Å². The van der Waals surface area contributed by atoms with Gasteiger partial charge in [-0.05, 0) is 50.1 Å². The quantitative estimate of drug-likeness (QED) is 0.633. The predicted octanol–water partition coefficient (Wildman–Crippen LogP) is 4.73. The van der Waals surface area contributed by atoms with Gasteiger partial charge in [0.25, 0.3) is 5.91 Å². The molecule has 0 N–H and O–H groups in total. The number of benzene rings is 1. The molecule has 0 saturated carbocycles. The van der Waals surface area contributed by atoms with Crippen molar-refractivity contribution in [2.45, 2.75) is 25.7 Å². The molecule has 1 saturated heterocycles. The van der Waals surface area contributed by atoms with Crippen molar-refractivity contribution < 1.29 is 9.18 Å². The molecule has 0 spiro atoms. The minimum absolute atomic E-state index is 0.125. The monoisotopic (exact) mass is 402 g/mol. The summed E-state index contributed by atoms with van der Waals surface area (Å²) in [5, 5.41) is 0. The Bertz CT molecular complexity index is 1060. The van der Waals surface area contributed by atoms with Gasteiger partial charge >= 0.3 is 0 Å². The highest BCUT2D eigenvalue weighted by atomic mass is 19.1. The molecular weight excluding hydrogens is 379 g/mol. The van der Waals surface area contributed by atoms with Crippen LogP contribution < -0.4 is 0 Å². The second-order valence-electron chi connectivity index (χ2n) is 7.35. The smallest absolute Gasteiger partial charge is 0.253 e. The van der Waals surface area contributed by atoms with E-state index in [2.05, 4.69) is 9.97 Å². The molecule has 0 aliphatic carbocycles. The second-order valence-corrected chi connectivity index (χ2v) is 7.35. The normalized spacial score (nSPS) is 14.9. The number of pyridine rings is 1. The molecule has 1 aliphatic rings. The van der Waals surface area contributed by atoms with Gasteiger partial charge in [0.1, 0.15) is 5.82 Å². The van der Waals surface area contributed by atoms with E-state index in [-0.39, 0.29) is 11.8 Å². The van der Waals surface area contributed by atoms with Crippen LogP contribution in [0.25, 0.3) is 17.5 Å². The SMILES string of the molecule is CC=Cc1cnc(-c2cccnc2)nc1C1CCN(C(=O)c2cccc(F)c2)CC1. The van der Waals surface area contributed by atoms with E-state index in [9.17, 15) is 9.18 Å². The summed E-state index contributed by atoms with van der Waals surface area (Å²) < 4.78 is 13.5. The Morgan fingerprint density at radius 2 is 2.00 bits per heavy atom. The Morgan fingerprint density at radius 3 is 2.70 bits per heavy atom. The number of allylic oxidation sites excluding steroid dienone is 1. The average molecular weight is 402 g/mol. The number of hydrogen-bond acceptors (Lipinski definition) is 4. The van der Waals surface area contributed by atoms with Crippen LogP contribution in [-0.4, -0.2) is 38.8 Å². The molecule has 3 aromatic rings. The molecule has 6 heteroatoms. The number of piperidine rings is 1. The fourth-order valence-corrected chi connectivity index (χ4v) is 3.83. The number of halogens is 1. The van der Waals surface area contributed by atoms with Gasteiger partial charge in [-0.15, -0.1) is 0 Å². The third kappa shape index (κ3) is 4.27. The fourth-order valence-electron chi connectivity index (χ4n) is 3.83. The molecule has 1 amide bonds. The van der Waals surface area contributed by atoms with E-state index in [1.165, 1.54) is 12.1 Å². The zero-order chi connectivity index (χ0) is 20.9. The van der Waals surface area contributed by atoms with Gasteiger partial charge < -0.3 is 4.90 Å². The van der Waals surface area contributed by atoms with Crippen molar-refractivity contribution in [3.8, 4) is 11.4 Å². The second kappa shape index (κ2) is 8.95. The first-order chi connectivity index (χ1) is 14.7. The van der Waals surface area contributed by atoms with Gasteiger partial charge in [-0.3, -0.25) is 9.78 Å². The molecule has 0 radical (unpaired) electrons. The Balaban J connectivity index is 1.54. The largest absolute Gasteiger partial charge is 0.339 e. The molecule has 1 fully saturated rings. The standard InChI is InChI=1S/C24H23FN4O/c1-2-5-19-16-27-23(20-7-4-11-26-15-20)28-22(19)17-9-12-29(13-10-17)24(30)18-6-3-8-21(25)14-18/h2-8,11,14-17H,9-10,12-13H2,1H3. The van der Waals surface area contributed by atoms with Crippen LogP contribution in [-0.2, 0) is 0 Å². The van der Waals surface area contributed by atoms with E-state index in [0.29, 0.717) is 24.5 Å². The molecule has 152 valence electrons. The van der Waals surface area contributed by atoms with Crippen LogP contribution in [0, 0.1) is 5.82 Å². The maximum Gasteiger partial charge on any atom is 0.253 e. The van der Waals surface area contributed by atoms with Crippen molar-refractivity contribution in [3.05, 3.63) is 83.7 Å². The topological polar surface area (TPSA) is 59.0 Å². The zero-order valence-corrected chi connectivity index (χ0v) is 16.8. The molecule has 0 unspecified atom stereocenters. The van der Waals surface area contributed by atoms with Crippen molar-refractivity contribution in [3.63, 3.8) is 0 Å². The van der Waals surface area contributed by atoms with Crippen molar-refractivity contribution in [1.29, 1.82) is 0 Å². The van der Waals surface area contributed by atoms with Gasteiger partial charge in [0.2, 0.25) is 0 Å². The summed E-state index contributed by atoms with van der Waals surface area (Å²) in [5.74, 6) is 0.367. The Labute approximate surface area is 175 Å². The third-order valence-corrected chi connectivity index (χ3v) is 5.35. The lowest BCUT2D eigenvalue weighted by Crippen LogP contribution is -2.38. The maximum atomic E-state index is 13.5. The van der Waals surface area contributed by atoms with Crippen molar-refractivity contribution in [2.24, 2.45) is 0 Å². The van der Waals surface area contributed by atoms with Crippen molar-refractivity contribution in [1.82, 2.24) is 19.9 Å². The Morgan fingerprint density at radius 1 is 1.17 bits per heavy atom. The molecule has 4 rings (SSSR count). The summed E-state index contributed by atoms with van der Waals surface area (Å²) in [6.45, 7) is 3.20. The number of likely N-dealkylation sites (tertiary alicyclic amines) is 1. The maximum absolute atomic E-state index is 13.5. The summed E-state index contributed by atoms with van der Waals surface area (Å²) in [7, 11) is 0. The lowest BCUT2D eigenvalue weighted by Gasteiger charge is -2.32. The molecule has 5 nitrogen and oxygen atoms in total. The van der Waals surface area contributed by atoms with Crippen LogP contribution in [0.2, 0.25) is 0 Å². The van der Waals surface area contributed by atoms with Crippen molar-refractivity contribution >= 4 is 12.0 Å². The van der Waals surface area contributed by atoms with E-state index in [1.807, 2.05) is 37.4 Å². The van der Waals surface area contributed by atoms with Crippen LogP contribution in [0.15, 0.2) is 61.1 Å². The molecule has 2 aromatic heterocycles. The lowest BCUT2D eigenvalue weighted by molar-refractivity contribution is 0.0711. The summed E-state index contributed by atoms with van der Waals surface area (Å²) >= 11 is 0. The fraction of sp³-hybridized carbons (Fsp3) is 0.250. The van der Waals surface area contributed by atoms with E-state index in [4.69, 9.17) is 4.98 Å². The van der Waals surface area contributed by atoms with Gasteiger partial charge in [0.05, 0.1) is 5.69 Å². The van der Waals surface area contributed by atoms with Crippen LogP contribution in [0.5, 0.6) is 0 Å². The highest BCUT2D eigenvalue weighted by Crippen LogP contribution is 2.31. The number of rotatable bonds is 4. The first-order valence-electron chi connectivity index (χ1n) is 10.1. The number of aromatic nitrogens is 3. The number of carbonyl (C=O) groups excluding carboxylic acids is 1. The minimum Gasteiger partial charge on any atom is -0.339 e. The van der Waals surface area contributed by atoms with Gasteiger partial charge in [-0.2, -0.15) is 0 Å². The number of nitrogens with zero attached hydrogens (tertiary/aromatic N) is 4. The number of carbonyl (C=O) groups is 1. The highest BCUT2D eigenvalue weighted by molar-refractivity contribution is 5.94. The highest BCUT2D eigenvalue weighted by Gasteiger charge is 2.27. The minimum atomic E-state index is -0.393. The van der Waals surface area contributed by atoms with Crippen LogP contribution in [0.4, 0.5) is 4.39 Å². The molecule has 1 aliphatic heterocycles. The first kappa shape index (κ1) is 19.9. The van der Waals surface area contributed by atoms with Crippen LogP contribution in [0.3, 0.4) is 0 Å². The van der Waals surface area contributed by atoms with E-state index in [1.54, 1.807) is 29.4 Å². The van der Waals surface area contributed by atoms with Gasteiger partial charge in [-0.25, -0.2) is 14.4 Å². The van der Waals surface area contributed by atoms with Crippen LogP contribution >= 0.6 is 0 Å². The zero-order valence-electron chi connectivity index (χ0n) is 16.8. The summed E-state index contributed by atoms with van der Waals surface area (Å²) in [6, 6.07) is 9.69. The van der Waals surface area contributed by atoms with Gasteiger partial charge in [-0.1, -0.05) is 18.2 Å². The first-order valence-corrected chi connectivity index (χ1v) is 10.1.